The molecule has 0 aromatic heterocycles. The molecule has 4 nitrogen and oxygen atoms in total. The van der Waals surface area contributed by atoms with Crippen LogP contribution in [-0.2, 0) is 4.79 Å². The third-order valence-corrected chi connectivity index (χ3v) is 3.24. The van der Waals surface area contributed by atoms with E-state index in [-0.39, 0.29) is 18.6 Å². The number of benzene rings is 1. The number of nitrogens with one attached hydrogen (secondary N) is 1. The van der Waals surface area contributed by atoms with Crippen molar-refractivity contribution in [2.75, 3.05) is 25.0 Å². The Kier molecular flexibility index (Phi) is 7.83. The van der Waals surface area contributed by atoms with Crippen LogP contribution in [0, 0.1) is 0 Å². The minimum absolute atomic E-state index is 0.00745. The third kappa shape index (κ3) is 6.04. The van der Waals surface area contributed by atoms with Gasteiger partial charge >= 0.3 is 0 Å². The number of carbonyl (C=O) groups excluding carboxylic acids is 1. The van der Waals surface area contributed by atoms with Crippen molar-refractivity contribution < 1.29 is 9.53 Å². The van der Waals surface area contributed by atoms with Crippen molar-refractivity contribution in [3.63, 3.8) is 0 Å². The lowest BCUT2D eigenvalue weighted by Crippen LogP contribution is -2.35. The highest BCUT2D eigenvalue weighted by Crippen LogP contribution is 2.19. The van der Waals surface area contributed by atoms with Crippen LogP contribution < -0.4 is 10.1 Å². The predicted octanol–water partition coefficient (Wildman–Crippen LogP) is 3.48. The first-order valence-corrected chi connectivity index (χ1v) is 7.60. The molecule has 120 valence electrons. The third-order valence-electron chi connectivity index (χ3n) is 3.24. The molecule has 4 heteroatoms. The van der Waals surface area contributed by atoms with Gasteiger partial charge in [0.15, 0.2) is 0 Å². The summed E-state index contributed by atoms with van der Waals surface area (Å²) in [6.07, 6.45) is 4.55. The van der Waals surface area contributed by atoms with Crippen molar-refractivity contribution >= 4 is 11.6 Å². The zero-order valence-corrected chi connectivity index (χ0v) is 13.5. The summed E-state index contributed by atoms with van der Waals surface area (Å²) in [5.74, 6) is 0.814. The molecule has 22 heavy (non-hydrogen) atoms. The highest BCUT2D eigenvalue weighted by Gasteiger charge is 2.10. The van der Waals surface area contributed by atoms with Crippen LogP contribution in [0.15, 0.2) is 49.6 Å². The number of hydrogen-bond acceptors (Lipinski definition) is 3. The molecule has 0 fully saturated rings. The first kappa shape index (κ1) is 17.8. The number of amides is 1. The van der Waals surface area contributed by atoms with Crippen LogP contribution in [0.1, 0.15) is 20.3 Å². The van der Waals surface area contributed by atoms with Gasteiger partial charge in [0.05, 0.1) is 12.6 Å². The molecule has 0 radical (unpaired) electrons. The van der Waals surface area contributed by atoms with E-state index in [9.17, 15) is 4.79 Å². The lowest BCUT2D eigenvalue weighted by molar-refractivity contribution is -0.128. The second kappa shape index (κ2) is 9.66. The van der Waals surface area contributed by atoms with Gasteiger partial charge in [-0.05, 0) is 25.5 Å². The molecule has 0 saturated carbocycles. The maximum Gasteiger partial charge on any atom is 0.242 e. The van der Waals surface area contributed by atoms with Crippen LogP contribution in [-0.4, -0.2) is 36.5 Å². The summed E-state index contributed by atoms with van der Waals surface area (Å²) in [6.45, 7) is 12.7. The van der Waals surface area contributed by atoms with Gasteiger partial charge in [0.25, 0.3) is 0 Å². The Bertz CT molecular complexity index is 490. The summed E-state index contributed by atoms with van der Waals surface area (Å²) < 4.78 is 5.77. The molecule has 1 N–H and O–H groups in total. The van der Waals surface area contributed by atoms with E-state index in [2.05, 4.69) is 25.4 Å². The van der Waals surface area contributed by atoms with E-state index >= 15 is 0 Å². The second-order valence-corrected chi connectivity index (χ2v) is 5.09. The van der Waals surface area contributed by atoms with Crippen LogP contribution in [0.4, 0.5) is 5.69 Å². The highest BCUT2D eigenvalue weighted by atomic mass is 16.5. The summed E-state index contributed by atoms with van der Waals surface area (Å²) in [4.78, 5) is 13.8. The Hall–Kier alpha value is -2.23. The van der Waals surface area contributed by atoms with Crippen molar-refractivity contribution in [3.05, 3.63) is 49.6 Å². The van der Waals surface area contributed by atoms with E-state index in [0.717, 1.165) is 17.9 Å². The van der Waals surface area contributed by atoms with Crippen molar-refractivity contribution in [2.45, 2.75) is 26.4 Å². The monoisotopic (exact) mass is 302 g/mol. The molecule has 0 saturated heterocycles. The molecule has 1 amide bonds. The molecule has 0 heterocycles. The van der Waals surface area contributed by atoms with Gasteiger partial charge in [-0.2, -0.15) is 0 Å². The summed E-state index contributed by atoms with van der Waals surface area (Å²) >= 11 is 0. The molecule has 1 aromatic carbocycles. The van der Waals surface area contributed by atoms with Crippen LogP contribution in [0.5, 0.6) is 5.75 Å². The number of rotatable bonds is 10. The normalized spacial score (nSPS) is 11.4. The molecule has 1 atom stereocenters. The minimum atomic E-state index is 0.00745. The van der Waals surface area contributed by atoms with E-state index in [0.29, 0.717) is 13.1 Å². The Balaban J connectivity index is 2.59. The molecular formula is C18H26N2O2. The van der Waals surface area contributed by atoms with Gasteiger partial charge < -0.3 is 15.0 Å². The zero-order valence-electron chi connectivity index (χ0n) is 13.5. The highest BCUT2D eigenvalue weighted by molar-refractivity contribution is 5.81. The Morgan fingerprint density at radius 3 is 2.64 bits per heavy atom. The average molecular weight is 302 g/mol. The number of carbonyl (C=O) groups is 1. The van der Waals surface area contributed by atoms with Gasteiger partial charge in [-0.1, -0.05) is 25.1 Å². The molecule has 0 spiro atoms. The van der Waals surface area contributed by atoms with Crippen molar-refractivity contribution in [3.8, 4) is 5.75 Å². The van der Waals surface area contributed by atoms with E-state index in [1.807, 2.05) is 31.2 Å². The van der Waals surface area contributed by atoms with Crippen molar-refractivity contribution in [1.82, 2.24) is 4.90 Å². The molecule has 1 aromatic rings. The largest absolute Gasteiger partial charge is 0.491 e. The van der Waals surface area contributed by atoms with Gasteiger partial charge in [-0.25, -0.2) is 0 Å². The van der Waals surface area contributed by atoms with Crippen LogP contribution >= 0.6 is 0 Å². The second-order valence-electron chi connectivity index (χ2n) is 5.09. The van der Waals surface area contributed by atoms with Crippen LogP contribution in [0.3, 0.4) is 0 Å². The van der Waals surface area contributed by atoms with Gasteiger partial charge in [0.2, 0.25) is 5.91 Å². The SMILES string of the molecule is C=CCN(CC=C)C(=O)CNc1cccc(OC(C)CC)c1. The first-order valence-electron chi connectivity index (χ1n) is 7.60. The summed E-state index contributed by atoms with van der Waals surface area (Å²) in [5.41, 5.74) is 0.867. The first-order chi connectivity index (χ1) is 10.6. The Morgan fingerprint density at radius 2 is 2.05 bits per heavy atom. The van der Waals surface area contributed by atoms with Crippen LogP contribution in [0.2, 0.25) is 0 Å². The summed E-state index contributed by atoms with van der Waals surface area (Å²) in [5, 5.41) is 3.13. The Labute approximate surface area is 133 Å². The number of anilines is 1. The van der Waals surface area contributed by atoms with E-state index < -0.39 is 0 Å². The Morgan fingerprint density at radius 1 is 1.36 bits per heavy atom. The maximum absolute atomic E-state index is 12.1. The maximum atomic E-state index is 12.1. The van der Waals surface area contributed by atoms with E-state index in [4.69, 9.17) is 4.74 Å². The van der Waals surface area contributed by atoms with Gasteiger partial charge in [0, 0.05) is 24.8 Å². The fourth-order valence-corrected chi connectivity index (χ4v) is 1.87. The van der Waals surface area contributed by atoms with Crippen molar-refractivity contribution in [2.24, 2.45) is 0 Å². The minimum Gasteiger partial charge on any atom is -0.491 e. The summed E-state index contributed by atoms with van der Waals surface area (Å²) in [6, 6.07) is 7.66. The quantitative estimate of drug-likeness (QED) is 0.673. The van der Waals surface area contributed by atoms with Crippen LogP contribution in [0.25, 0.3) is 0 Å². The summed E-state index contributed by atoms with van der Waals surface area (Å²) in [7, 11) is 0. The topological polar surface area (TPSA) is 41.6 Å². The lowest BCUT2D eigenvalue weighted by atomic mass is 10.2. The average Bonchev–Trinajstić information content (AvgIpc) is 2.52. The number of ether oxygens (including phenoxy) is 1. The zero-order chi connectivity index (χ0) is 16.4. The van der Waals surface area contributed by atoms with Crippen molar-refractivity contribution in [1.29, 1.82) is 0 Å². The fraction of sp³-hybridized carbons (Fsp3) is 0.389. The predicted molar refractivity (Wildman–Crippen MR) is 92.3 cm³/mol. The molecule has 1 rings (SSSR count). The van der Waals surface area contributed by atoms with Gasteiger partial charge in [0.1, 0.15) is 5.75 Å². The number of nitrogens with zero attached hydrogens (tertiary/aromatic N) is 1. The fourth-order valence-electron chi connectivity index (χ4n) is 1.87. The lowest BCUT2D eigenvalue weighted by Gasteiger charge is -2.20. The smallest absolute Gasteiger partial charge is 0.242 e. The molecule has 0 aliphatic heterocycles. The van der Waals surface area contributed by atoms with Gasteiger partial charge in [-0.15, -0.1) is 13.2 Å². The number of hydrogen-bond donors (Lipinski definition) is 1. The standard InChI is InChI=1S/C18H26N2O2/c1-5-11-20(12-6-2)18(21)14-19-16-9-8-10-17(13-16)22-15(4)7-3/h5-6,8-10,13,15,19H,1-2,7,11-12,14H2,3-4H3. The molecule has 0 aliphatic carbocycles. The van der Waals surface area contributed by atoms with Gasteiger partial charge in [-0.3, -0.25) is 4.79 Å². The molecule has 0 aliphatic rings. The van der Waals surface area contributed by atoms with E-state index in [1.165, 1.54) is 0 Å². The molecule has 1 unspecified atom stereocenters. The molecular weight excluding hydrogens is 276 g/mol. The molecule has 0 bridgehead atoms. The van der Waals surface area contributed by atoms with E-state index in [1.54, 1.807) is 17.1 Å².